The standard InChI is InChI=1S/C11H14O5S.K/c1-2-16-11(12)8-10(17(13,14)15)9-6-4-3-5-7-9;/h3-7,10H,2,8H2,1H3,(H,13,14,15);/q;+1. The quantitative estimate of drug-likeness (QED) is 0.409. The Morgan fingerprint density at radius 3 is 2.33 bits per heavy atom. The minimum Gasteiger partial charge on any atom is -0.466 e. The van der Waals surface area contributed by atoms with Crippen LogP contribution in [0.1, 0.15) is 24.2 Å². The number of hydrogen-bond acceptors (Lipinski definition) is 4. The molecule has 0 spiro atoms. The van der Waals surface area contributed by atoms with Gasteiger partial charge in [-0.1, -0.05) is 30.3 Å². The number of carbonyl (C=O) groups is 1. The van der Waals surface area contributed by atoms with Gasteiger partial charge in [0.1, 0.15) is 5.25 Å². The SMILES string of the molecule is CCOC(=O)CC(c1ccccc1)S(=O)(=O)O.[K+]. The number of rotatable bonds is 5. The van der Waals surface area contributed by atoms with E-state index in [2.05, 4.69) is 4.74 Å². The molecule has 1 unspecified atom stereocenters. The maximum absolute atomic E-state index is 11.3. The Morgan fingerprint density at radius 1 is 1.33 bits per heavy atom. The third-order valence-corrected chi connectivity index (χ3v) is 3.35. The number of hydrogen-bond donors (Lipinski definition) is 1. The number of ether oxygens (including phenoxy) is 1. The molecule has 1 aromatic carbocycles. The number of benzene rings is 1. The first kappa shape index (κ1) is 18.2. The van der Waals surface area contributed by atoms with E-state index in [0.29, 0.717) is 5.56 Å². The van der Waals surface area contributed by atoms with Crippen LogP contribution in [-0.4, -0.2) is 25.5 Å². The van der Waals surface area contributed by atoms with Crippen molar-refractivity contribution in [3.05, 3.63) is 35.9 Å². The van der Waals surface area contributed by atoms with Gasteiger partial charge in [0.15, 0.2) is 0 Å². The zero-order valence-corrected chi connectivity index (χ0v) is 14.3. The van der Waals surface area contributed by atoms with E-state index >= 15 is 0 Å². The Balaban J connectivity index is 0.00000289. The van der Waals surface area contributed by atoms with Crippen LogP contribution in [0.2, 0.25) is 0 Å². The summed E-state index contributed by atoms with van der Waals surface area (Å²) >= 11 is 0. The van der Waals surface area contributed by atoms with Crippen molar-refractivity contribution >= 4 is 16.1 Å². The summed E-state index contributed by atoms with van der Waals surface area (Å²) in [5.41, 5.74) is 0.364. The fourth-order valence-corrected chi connectivity index (χ4v) is 2.28. The molecule has 0 aliphatic carbocycles. The predicted octanol–water partition coefficient (Wildman–Crippen LogP) is -1.43. The van der Waals surface area contributed by atoms with Crippen LogP contribution in [-0.2, 0) is 19.6 Å². The van der Waals surface area contributed by atoms with Gasteiger partial charge in [-0.15, -0.1) is 0 Å². The maximum atomic E-state index is 11.3. The van der Waals surface area contributed by atoms with Crippen LogP contribution in [0.3, 0.4) is 0 Å². The van der Waals surface area contributed by atoms with Crippen LogP contribution >= 0.6 is 0 Å². The van der Waals surface area contributed by atoms with Crippen molar-refractivity contribution in [1.82, 2.24) is 0 Å². The summed E-state index contributed by atoms with van der Waals surface area (Å²) in [4.78, 5) is 11.3. The zero-order chi connectivity index (χ0) is 12.9. The topological polar surface area (TPSA) is 80.7 Å². The van der Waals surface area contributed by atoms with Gasteiger partial charge in [-0.05, 0) is 12.5 Å². The molecule has 94 valence electrons. The average Bonchev–Trinajstić information content (AvgIpc) is 2.26. The maximum Gasteiger partial charge on any atom is 1.00 e. The molecule has 5 nitrogen and oxygen atoms in total. The molecule has 0 heterocycles. The van der Waals surface area contributed by atoms with Crippen LogP contribution in [0.5, 0.6) is 0 Å². The van der Waals surface area contributed by atoms with E-state index in [1.54, 1.807) is 25.1 Å². The van der Waals surface area contributed by atoms with E-state index in [1.807, 2.05) is 0 Å². The minimum atomic E-state index is -4.33. The van der Waals surface area contributed by atoms with Crippen molar-refractivity contribution in [1.29, 1.82) is 0 Å². The van der Waals surface area contributed by atoms with Crippen molar-refractivity contribution in [2.24, 2.45) is 0 Å². The molecule has 1 rings (SSSR count). The molecule has 0 saturated carbocycles. The first-order chi connectivity index (χ1) is 7.95. The van der Waals surface area contributed by atoms with Crippen molar-refractivity contribution < 1.29 is 73.9 Å². The molecular weight excluding hydrogens is 283 g/mol. The van der Waals surface area contributed by atoms with Crippen LogP contribution in [0.25, 0.3) is 0 Å². The van der Waals surface area contributed by atoms with E-state index in [4.69, 9.17) is 4.55 Å². The second-order valence-electron chi connectivity index (χ2n) is 3.42. The van der Waals surface area contributed by atoms with Gasteiger partial charge in [0.2, 0.25) is 0 Å². The van der Waals surface area contributed by atoms with E-state index in [0.717, 1.165) is 0 Å². The summed E-state index contributed by atoms with van der Waals surface area (Å²) in [6, 6.07) is 8.07. The summed E-state index contributed by atoms with van der Waals surface area (Å²) < 4.78 is 36.2. The van der Waals surface area contributed by atoms with Gasteiger partial charge in [0, 0.05) is 0 Å². The van der Waals surface area contributed by atoms with Crippen molar-refractivity contribution in [3.63, 3.8) is 0 Å². The van der Waals surface area contributed by atoms with Gasteiger partial charge in [-0.25, -0.2) is 0 Å². The second-order valence-corrected chi connectivity index (χ2v) is 5.02. The summed E-state index contributed by atoms with van der Waals surface area (Å²) in [5.74, 6) is -0.654. The fraction of sp³-hybridized carbons (Fsp3) is 0.364. The molecule has 0 bridgehead atoms. The Bertz CT molecular complexity index is 471. The summed E-state index contributed by atoms with van der Waals surface area (Å²) in [6.07, 6.45) is -0.392. The van der Waals surface area contributed by atoms with Crippen molar-refractivity contribution in [3.8, 4) is 0 Å². The molecule has 0 fully saturated rings. The van der Waals surface area contributed by atoms with Gasteiger partial charge in [0.25, 0.3) is 10.1 Å². The molecule has 1 atom stereocenters. The van der Waals surface area contributed by atoms with Gasteiger partial charge < -0.3 is 4.74 Å². The summed E-state index contributed by atoms with van der Waals surface area (Å²) in [7, 11) is -4.33. The third-order valence-electron chi connectivity index (χ3n) is 2.19. The minimum absolute atomic E-state index is 0. The Labute approximate surface area is 149 Å². The first-order valence-electron chi connectivity index (χ1n) is 5.12. The van der Waals surface area contributed by atoms with Crippen LogP contribution in [0.4, 0.5) is 0 Å². The van der Waals surface area contributed by atoms with Crippen molar-refractivity contribution in [2.75, 3.05) is 6.61 Å². The fourth-order valence-electron chi connectivity index (χ4n) is 1.43. The third kappa shape index (κ3) is 5.92. The molecule has 0 aliphatic heterocycles. The molecule has 0 aliphatic rings. The van der Waals surface area contributed by atoms with E-state index in [1.165, 1.54) is 12.1 Å². The van der Waals surface area contributed by atoms with Crippen molar-refractivity contribution in [2.45, 2.75) is 18.6 Å². The van der Waals surface area contributed by atoms with E-state index in [9.17, 15) is 13.2 Å². The van der Waals surface area contributed by atoms with E-state index in [-0.39, 0.29) is 58.0 Å². The molecule has 7 heteroatoms. The number of carbonyl (C=O) groups excluding carboxylic acids is 1. The normalized spacial score (nSPS) is 12.3. The summed E-state index contributed by atoms with van der Waals surface area (Å²) in [6.45, 7) is 1.80. The molecule has 0 aromatic heterocycles. The molecule has 0 amide bonds. The molecule has 1 aromatic rings. The monoisotopic (exact) mass is 297 g/mol. The Hall–Kier alpha value is 0.236. The average molecular weight is 297 g/mol. The second kappa shape index (κ2) is 8.42. The number of esters is 1. The van der Waals surface area contributed by atoms with Crippen LogP contribution < -0.4 is 51.4 Å². The predicted molar refractivity (Wildman–Crippen MR) is 62.0 cm³/mol. The molecule has 1 N–H and O–H groups in total. The molecular formula is C11H14KO5S+. The zero-order valence-electron chi connectivity index (χ0n) is 10.4. The van der Waals surface area contributed by atoms with E-state index < -0.39 is 27.8 Å². The summed E-state index contributed by atoms with van der Waals surface area (Å²) in [5, 5.41) is -1.28. The van der Waals surface area contributed by atoms with Crippen LogP contribution in [0, 0.1) is 0 Å². The largest absolute Gasteiger partial charge is 1.00 e. The molecule has 0 radical (unpaired) electrons. The van der Waals surface area contributed by atoms with Gasteiger partial charge in [0.05, 0.1) is 13.0 Å². The van der Waals surface area contributed by atoms with Gasteiger partial charge >= 0.3 is 57.4 Å². The smallest absolute Gasteiger partial charge is 0.466 e. The molecule has 0 saturated heterocycles. The van der Waals surface area contributed by atoms with Gasteiger partial charge in [-0.2, -0.15) is 8.42 Å². The first-order valence-corrected chi connectivity index (χ1v) is 6.62. The Morgan fingerprint density at radius 2 is 1.89 bits per heavy atom. The Kier molecular flexibility index (Phi) is 8.53. The van der Waals surface area contributed by atoms with Crippen LogP contribution in [0.15, 0.2) is 30.3 Å². The van der Waals surface area contributed by atoms with Gasteiger partial charge in [-0.3, -0.25) is 9.35 Å². The molecule has 18 heavy (non-hydrogen) atoms.